The highest BCUT2D eigenvalue weighted by Crippen LogP contribution is 2.55. The summed E-state index contributed by atoms with van der Waals surface area (Å²) in [6, 6.07) is 10.6. The Morgan fingerprint density at radius 3 is 2.52 bits per heavy atom. The van der Waals surface area contributed by atoms with E-state index in [1.54, 1.807) is 30.5 Å². The predicted octanol–water partition coefficient (Wildman–Crippen LogP) is 4.14. The third-order valence-electron chi connectivity index (χ3n) is 6.11. The van der Waals surface area contributed by atoms with Crippen LogP contribution >= 0.6 is 11.6 Å². The van der Waals surface area contributed by atoms with Crippen LogP contribution in [-0.2, 0) is 6.42 Å². The molecule has 0 aliphatic heterocycles. The van der Waals surface area contributed by atoms with Gasteiger partial charge >= 0.3 is 0 Å². The quantitative estimate of drug-likeness (QED) is 0.673. The topological polar surface area (TPSA) is 95.2 Å². The first-order valence-electron chi connectivity index (χ1n) is 10.3. The number of aliphatic hydroxyl groups is 1. The van der Waals surface area contributed by atoms with Gasteiger partial charge in [-0.2, -0.15) is 5.26 Å². The summed E-state index contributed by atoms with van der Waals surface area (Å²) in [5.41, 5.74) is 1.11. The molecule has 0 atom stereocenters. The molecule has 0 saturated heterocycles. The average Bonchev–Trinajstić information content (AvgIpc) is 2.74. The maximum atomic E-state index is 12.8. The maximum Gasteiger partial charge on any atom is 0.253 e. The Bertz CT molecular complexity index is 980. The number of aromatic nitrogens is 1. The van der Waals surface area contributed by atoms with Crippen LogP contribution in [0, 0.1) is 22.2 Å². The van der Waals surface area contributed by atoms with Gasteiger partial charge in [0.05, 0.1) is 16.1 Å². The van der Waals surface area contributed by atoms with Crippen molar-refractivity contribution in [1.29, 1.82) is 5.26 Å². The molecule has 164 valence electrons. The fourth-order valence-electron chi connectivity index (χ4n) is 4.78. The molecule has 1 fully saturated rings. The molecule has 1 heterocycles. The van der Waals surface area contributed by atoms with Crippen LogP contribution in [-0.4, -0.2) is 34.8 Å². The third kappa shape index (κ3) is 4.53. The van der Waals surface area contributed by atoms with Gasteiger partial charge in [0, 0.05) is 41.4 Å². The van der Waals surface area contributed by atoms with E-state index in [4.69, 9.17) is 26.7 Å². The smallest absolute Gasteiger partial charge is 0.253 e. The monoisotopic (exact) mass is 441 g/mol. The number of benzene rings is 1. The van der Waals surface area contributed by atoms with Crippen LogP contribution in [0.3, 0.4) is 0 Å². The molecule has 0 radical (unpaired) electrons. The Hall–Kier alpha value is -2.62. The summed E-state index contributed by atoms with van der Waals surface area (Å²) in [5, 5.41) is 21.5. The Kier molecular flexibility index (Phi) is 6.59. The summed E-state index contributed by atoms with van der Waals surface area (Å²) in [6.45, 7) is 8.38. The minimum atomic E-state index is -0.325. The highest BCUT2D eigenvalue weighted by Gasteiger charge is 2.64. The molecule has 0 bridgehead atoms. The van der Waals surface area contributed by atoms with Crippen molar-refractivity contribution in [2.24, 2.45) is 10.8 Å². The molecule has 0 spiro atoms. The van der Waals surface area contributed by atoms with Crippen molar-refractivity contribution in [2.75, 3.05) is 6.61 Å². The molecular weight excluding hydrogens is 414 g/mol. The standard InChI is InChI=1S/C24H28ClN3O3/c1-23(2)21(28-20(30)16-7-9-17(27-14-16)6-5-11-29)24(3,4)22(23)31-18-10-8-15(13-26)19(25)12-18/h7-10,12,14,21-22,29H,5-6,11H2,1-4H3,(H,28,30). The predicted molar refractivity (Wildman–Crippen MR) is 119 cm³/mol. The van der Waals surface area contributed by atoms with Gasteiger partial charge in [0.2, 0.25) is 0 Å². The molecule has 1 aromatic carbocycles. The molecule has 1 aliphatic rings. The molecule has 7 heteroatoms. The minimum absolute atomic E-state index is 0.111. The molecule has 1 amide bonds. The number of amides is 1. The first-order valence-corrected chi connectivity index (χ1v) is 10.7. The zero-order chi connectivity index (χ0) is 22.8. The lowest BCUT2D eigenvalue weighted by Gasteiger charge is -2.63. The zero-order valence-electron chi connectivity index (χ0n) is 18.3. The number of aryl methyl sites for hydroxylation is 1. The SMILES string of the molecule is CC1(C)C(NC(=O)c2ccc(CCCO)nc2)C(C)(C)C1Oc1ccc(C#N)c(Cl)c1. The summed E-state index contributed by atoms with van der Waals surface area (Å²) < 4.78 is 6.25. The number of hydrogen-bond donors (Lipinski definition) is 2. The van der Waals surface area contributed by atoms with Gasteiger partial charge < -0.3 is 15.2 Å². The van der Waals surface area contributed by atoms with Crippen LogP contribution < -0.4 is 10.1 Å². The first kappa shape index (κ1) is 23.1. The summed E-state index contributed by atoms with van der Waals surface area (Å²) in [5.74, 6) is 0.426. The van der Waals surface area contributed by atoms with Crippen molar-refractivity contribution in [3.63, 3.8) is 0 Å². The van der Waals surface area contributed by atoms with Gasteiger partial charge in [-0.3, -0.25) is 9.78 Å². The van der Waals surface area contributed by atoms with E-state index in [0.29, 0.717) is 34.7 Å². The molecule has 3 rings (SSSR count). The van der Waals surface area contributed by atoms with Crippen LogP contribution in [0.2, 0.25) is 5.02 Å². The molecule has 31 heavy (non-hydrogen) atoms. The lowest BCUT2D eigenvalue weighted by atomic mass is 9.49. The van der Waals surface area contributed by atoms with Gasteiger partial charge in [0.25, 0.3) is 5.91 Å². The van der Waals surface area contributed by atoms with E-state index in [-0.39, 0.29) is 35.5 Å². The van der Waals surface area contributed by atoms with Crippen molar-refractivity contribution in [2.45, 2.75) is 52.7 Å². The Morgan fingerprint density at radius 2 is 1.97 bits per heavy atom. The molecule has 1 saturated carbocycles. The highest BCUT2D eigenvalue weighted by molar-refractivity contribution is 6.31. The molecule has 2 N–H and O–H groups in total. The Balaban J connectivity index is 1.70. The number of carbonyl (C=O) groups is 1. The average molecular weight is 442 g/mol. The van der Waals surface area contributed by atoms with E-state index >= 15 is 0 Å². The third-order valence-corrected chi connectivity index (χ3v) is 6.42. The van der Waals surface area contributed by atoms with Gasteiger partial charge in [0.15, 0.2) is 0 Å². The van der Waals surface area contributed by atoms with E-state index in [0.717, 1.165) is 5.69 Å². The van der Waals surface area contributed by atoms with Gasteiger partial charge in [-0.1, -0.05) is 39.3 Å². The van der Waals surface area contributed by atoms with Crippen LogP contribution in [0.25, 0.3) is 0 Å². The molecule has 1 aromatic heterocycles. The Morgan fingerprint density at radius 1 is 1.26 bits per heavy atom. The minimum Gasteiger partial charge on any atom is -0.489 e. The second-order valence-electron chi connectivity index (χ2n) is 9.17. The number of ether oxygens (including phenoxy) is 1. The molecule has 2 aromatic rings. The molecule has 0 unspecified atom stereocenters. The van der Waals surface area contributed by atoms with Crippen molar-refractivity contribution >= 4 is 17.5 Å². The van der Waals surface area contributed by atoms with E-state index in [1.807, 2.05) is 12.1 Å². The van der Waals surface area contributed by atoms with Crippen molar-refractivity contribution < 1.29 is 14.6 Å². The fourth-order valence-corrected chi connectivity index (χ4v) is 4.99. The summed E-state index contributed by atoms with van der Waals surface area (Å²) in [7, 11) is 0. The Labute approximate surface area is 188 Å². The summed E-state index contributed by atoms with van der Waals surface area (Å²) in [4.78, 5) is 17.2. The number of pyridine rings is 1. The molecular formula is C24H28ClN3O3. The van der Waals surface area contributed by atoms with Gasteiger partial charge in [0.1, 0.15) is 17.9 Å². The first-order chi connectivity index (χ1) is 14.6. The number of hydrogen-bond acceptors (Lipinski definition) is 5. The number of nitriles is 1. The largest absolute Gasteiger partial charge is 0.489 e. The number of nitrogens with zero attached hydrogens (tertiary/aromatic N) is 2. The second-order valence-corrected chi connectivity index (χ2v) is 9.57. The zero-order valence-corrected chi connectivity index (χ0v) is 19.0. The summed E-state index contributed by atoms with van der Waals surface area (Å²) in [6.07, 6.45) is 2.75. The summed E-state index contributed by atoms with van der Waals surface area (Å²) >= 11 is 6.14. The fraction of sp³-hybridized carbons (Fsp3) is 0.458. The number of aliphatic hydroxyl groups excluding tert-OH is 1. The molecule has 6 nitrogen and oxygen atoms in total. The lowest BCUT2D eigenvalue weighted by molar-refractivity contribution is -0.164. The van der Waals surface area contributed by atoms with Crippen LogP contribution in [0.4, 0.5) is 0 Å². The second kappa shape index (κ2) is 8.86. The normalized spacial score (nSPS) is 20.9. The van der Waals surface area contributed by atoms with Crippen molar-refractivity contribution in [3.8, 4) is 11.8 Å². The van der Waals surface area contributed by atoms with E-state index in [1.165, 1.54) is 0 Å². The van der Waals surface area contributed by atoms with Gasteiger partial charge in [-0.25, -0.2) is 0 Å². The number of halogens is 1. The maximum absolute atomic E-state index is 12.8. The number of carbonyl (C=O) groups excluding carboxylic acids is 1. The van der Waals surface area contributed by atoms with Gasteiger partial charge in [-0.15, -0.1) is 0 Å². The number of rotatable bonds is 7. The molecule has 1 aliphatic carbocycles. The van der Waals surface area contributed by atoms with Gasteiger partial charge in [-0.05, 0) is 37.1 Å². The van der Waals surface area contributed by atoms with E-state index in [2.05, 4.69) is 38.0 Å². The van der Waals surface area contributed by atoms with E-state index < -0.39 is 0 Å². The van der Waals surface area contributed by atoms with E-state index in [9.17, 15) is 4.79 Å². The van der Waals surface area contributed by atoms with Crippen molar-refractivity contribution in [3.05, 3.63) is 58.4 Å². The van der Waals surface area contributed by atoms with Crippen molar-refractivity contribution in [1.82, 2.24) is 10.3 Å². The number of nitrogens with one attached hydrogen (secondary N) is 1. The van der Waals surface area contributed by atoms with Crippen LogP contribution in [0.1, 0.15) is 55.7 Å². The van der Waals surface area contributed by atoms with Crippen LogP contribution in [0.15, 0.2) is 36.5 Å². The highest BCUT2D eigenvalue weighted by atomic mass is 35.5. The van der Waals surface area contributed by atoms with Crippen LogP contribution in [0.5, 0.6) is 5.75 Å². The lowest BCUT2D eigenvalue weighted by Crippen LogP contribution is -2.74.